The first-order chi connectivity index (χ1) is 12.2. The Morgan fingerprint density at radius 2 is 1.72 bits per heavy atom. The molecule has 2 heterocycles. The van der Waals surface area contributed by atoms with E-state index < -0.39 is 0 Å². The number of rotatable bonds is 4. The predicted molar refractivity (Wildman–Crippen MR) is 99.4 cm³/mol. The lowest BCUT2D eigenvalue weighted by Gasteiger charge is -2.09. The van der Waals surface area contributed by atoms with Crippen molar-refractivity contribution in [1.29, 1.82) is 0 Å². The standard InChI is InChI=1S/C20H18N4O/c1-14-12-19(22-15-8-4-3-5-9-15)24-20(21-14)13-17(23-24)16-10-6-7-11-18(16)25-2/h3-13,22H,1-2H3. The Balaban J connectivity index is 1.84. The molecule has 2 aromatic heterocycles. The molecule has 0 fully saturated rings. The van der Waals surface area contributed by atoms with Gasteiger partial charge in [0.25, 0.3) is 0 Å². The summed E-state index contributed by atoms with van der Waals surface area (Å²) in [6.45, 7) is 1.98. The number of hydrogen-bond acceptors (Lipinski definition) is 4. The molecule has 1 N–H and O–H groups in total. The van der Waals surface area contributed by atoms with Crippen LogP contribution in [0, 0.1) is 6.92 Å². The third kappa shape index (κ3) is 2.92. The van der Waals surface area contributed by atoms with Gasteiger partial charge in [-0.3, -0.25) is 0 Å². The highest BCUT2D eigenvalue weighted by molar-refractivity contribution is 5.71. The fourth-order valence-electron chi connectivity index (χ4n) is 2.85. The Hall–Kier alpha value is -3.34. The Bertz CT molecular complexity index is 1020. The van der Waals surface area contributed by atoms with E-state index in [1.165, 1.54) is 0 Å². The number of ether oxygens (including phenoxy) is 1. The fourth-order valence-corrected chi connectivity index (χ4v) is 2.85. The van der Waals surface area contributed by atoms with E-state index in [2.05, 4.69) is 10.3 Å². The van der Waals surface area contributed by atoms with Gasteiger partial charge in [0.05, 0.1) is 12.8 Å². The molecule has 124 valence electrons. The topological polar surface area (TPSA) is 51.5 Å². The molecule has 0 saturated carbocycles. The second kappa shape index (κ2) is 6.28. The quantitative estimate of drug-likeness (QED) is 0.600. The summed E-state index contributed by atoms with van der Waals surface area (Å²) in [5.74, 6) is 1.66. The molecule has 0 unspecified atom stereocenters. The van der Waals surface area contributed by atoms with E-state index in [0.717, 1.165) is 39.9 Å². The van der Waals surface area contributed by atoms with Gasteiger partial charge in [-0.25, -0.2) is 4.98 Å². The molecule has 0 aliphatic heterocycles. The number of anilines is 2. The van der Waals surface area contributed by atoms with Crippen LogP contribution in [0.25, 0.3) is 16.9 Å². The number of hydrogen-bond donors (Lipinski definition) is 1. The molecule has 0 radical (unpaired) electrons. The molecule has 0 saturated heterocycles. The van der Waals surface area contributed by atoms with Crippen LogP contribution >= 0.6 is 0 Å². The second-order valence-corrected chi connectivity index (χ2v) is 5.77. The summed E-state index contributed by atoms with van der Waals surface area (Å²) >= 11 is 0. The third-order valence-corrected chi connectivity index (χ3v) is 3.98. The Labute approximate surface area is 145 Å². The number of nitrogens with zero attached hydrogens (tertiary/aromatic N) is 3. The second-order valence-electron chi connectivity index (χ2n) is 5.77. The zero-order chi connectivity index (χ0) is 17.2. The lowest BCUT2D eigenvalue weighted by atomic mass is 10.1. The highest BCUT2D eigenvalue weighted by atomic mass is 16.5. The minimum absolute atomic E-state index is 0.791. The summed E-state index contributed by atoms with van der Waals surface area (Å²) in [4.78, 5) is 4.60. The Morgan fingerprint density at radius 3 is 2.52 bits per heavy atom. The molecule has 0 spiro atoms. The number of para-hydroxylation sites is 2. The summed E-state index contributed by atoms with van der Waals surface area (Å²) in [5, 5.41) is 8.15. The number of nitrogens with one attached hydrogen (secondary N) is 1. The molecule has 4 aromatic rings. The highest BCUT2D eigenvalue weighted by Crippen LogP contribution is 2.30. The normalized spacial score (nSPS) is 10.8. The molecule has 5 heteroatoms. The van der Waals surface area contributed by atoms with Gasteiger partial charge in [-0.1, -0.05) is 30.3 Å². The number of methoxy groups -OCH3 is 1. The van der Waals surface area contributed by atoms with E-state index in [4.69, 9.17) is 9.84 Å². The maximum Gasteiger partial charge on any atom is 0.158 e. The van der Waals surface area contributed by atoms with E-state index >= 15 is 0 Å². The molecule has 0 aliphatic rings. The lowest BCUT2D eigenvalue weighted by molar-refractivity contribution is 0.416. The minimum Gasteiger partial charge on any atom is -0.496 e. The monoisotopic (exact) mass is 330 g/mol. The highest BCUT2D eigenvalue weighted by Gasteiger charge is 2.13. The van der Waals surface area contributed by atoms with Crippen molar-refractivity contribution in [2.24, 2.45) is 0 Å². The van der Waals surface area contributed by atoms with Gasteiger partial charge >= 0.3 is 0 Å². The third-order valence-electron chi connectivity index (χ3n) is 3.98. The van der Waals surface area contributed by atoms with Crippen LogP contribution in [0.2, 0.25) is 0 Å². The van der Waals surface area contributed by atoms with Crippen molar-refractivity contribution in [3.05, 3.63) is 72.4 Å². The molecular weight excluding hydrogens is 312 g/mol. The molecular formula is C20H18N4O. The zero-order valence-corrected chi connectivity index (χ0v) is 14.1. The van der Waals surface area contributed by atoms with Gasteiger partial charge in [-0.2, -0.15) is 9.61 Å². The average Bonchev–Trinajstić information content (AvgIpc) is 3.06. The van der Waals surface area contributed by atoms with Crippen LogP contribution in [0.4, 0.5) is 11.5 Å². The van der Waals surface area contributed by atoms with E-state index in [0.29, 0.717) is 0 Å². The SMILES string of the molecule is COc1ccccc1-c1cc2nc(C)cc(Nc3ccccc3)n2n1. The fraction of sp³-hybridized carbons (Fsp3) is 0.100. The summed E-state index contributed by atoms with van der Waals surface area (Å²) in [5.41, 5.74) is 4.49. The van der Waals surface area contributed by atoms with Crippen LogP contribution < -0.4 is 10.1 Å². The summed E-state index contributed by atoms with van der Waals surface area (Å²) < 4.78 is 7.28. The first-order valence-corrected chi connectivity index (χ1v) is 8.07. The molecule has 0 aliphatic carbocycles. The van der Waals surface area contributed by atoms with Crippen LogP contribution in [0.15, 0.2) is 66.7 Å². The summed E-state index contributed by atoms with van der Waals surface area (Å²) in [6.07, 6.45) is 0. The maximum atomic E-state index is 5.46. The van der Waals surface area contributed by atoms with Crippen molar-refractivity contribution in [3.63, 3.8) is 0 Å². The van der Waals surface area contributed by atoms with E-state index in [-0.39, 0.29) is 0 Å². The predicted octanol–water partition coefficient (Wildman–Crippen LogP) is 4.46. The number of fused-ring (bicyclic) bond motifs is 1. The molecule has 0 atom stereocenters. The van der Waals surface area contributed by atoms with Crippen molar-refractivity contribution in [2.75, 3.05) is 12.4 Å². The van der Waals surface area contributed by atoms with Gasteiger partial charge in [-0.15, -0.1) is 0 Å². The summed E-state index contributed by atoms with van der Waals surface area (Å²) in [7, 11) is 1.67. The zero-order valence-electron chi connectivity index (χ0n) is 14.1. The van der Waals surface area contributed by atoms with Crippen molar-refractivity contribution < 1.29 is 4.74 Å². The molecule has 0 bridgehead atoms. The van der Waals surface area contributed by atoms with Crippen LogP contribution in [-0.2, 0) is 0 Å². The van der Waals surface area contributed by atoms with Crippen molar-refractivity contribution in [1.82, 2.24) is 14.6 Å². The minimum atomic E-state index is 0.791. The Kier molecular flexibility index (Phi) is 3.82. The summed E-state index contributed by atoms with van der Waals surface area (Å²) in [6, 6.07) is 21.8. The van der Waals surface area contributed by atoms with Gasteiger partial charge < -0.3 is 10.1 Å². The van der Waals surface area contributed by atoms with Gasteiger partial charge in [0, 0.05) is 29.1 Å². The molecule has 5 nitrogen and oxygen atoms in total. The number of aryl methyl sites for hydroxylation is 1. The average molecular weight is 330 g/mol. The molecule has 25 heavy (non-hydrogen) atoms. The van der Waals surface area contributed by atoms with Crippen LogP contribution in [0.1, 0.15) is 5.69 Å². The van der Waals surface area contributed by atoms with Crippen molar-refractivity contribution in [2.45, 2.75) is 6.92 Å². The van der Waals surface area contributed by atoms with Gasteiger partial charge in [0.1, 0.15) is 11.6 Å². The van der Waals surface area contributed by atoms with E-state index in [9.17, 15) is 0 Å². The van der Waals surface area contributed by atoms with E-state index in [1.54, 1.807) is 7.11 Å². The first-order valence-electron chi connectivity index (χ1n) is 8.07. The van der Waals surface area contributed by atoms with Crippen molar-refractivity contribution >= 4 is 17.2 Å². The smallest absolute Gasteiger partial charge is 0.158 e. The van der Waals surface area contributed by atoms with Crippen LogP contribution in [0.3, 0.4) is 0 Å². The maximum absolute atomic E-state index is 5.46. The van der Waals surface area contributed by atoms with Gasteiger partial charge in [-0.05, 0) is 31.2 Å². The Morgan fingerprint density at radius 1 is 0.960 bits per heavy atom. The molecule has 4 rings (SSSR count). The van der Waals surface area contributed by atoms with E-state index in [1.807, 2.05) is 78.2 Å². The van der Waals surface area contributed by atoms with Crippen molar-refractivity contribution in [3.8, 4) is 17.0 Å². The van der Waals surface area contributed by atoms with Gasteiger partial charge in [0.15, 0.2) is 5.65 Å². The number of aromatic nitrogens is 3. The largest absolute Gasteiger partial charge is 0.496 e. The lowest BCUT2D eigenvalue weighted by Crippen LogP contribution is -2.02. The number of benzene rings is 2. The van der Waals surface area contributed by atoms with Crippen LogP contribution in [-0.4, -0.2) is 21.7 Å². The van der Waals surface area contributed by atoms with Gasteiger partial charge in [0.2, 0.25) is 0 Å². The first kappa shape index (κ1) is 15.2. The molecule has 2 aromatic carbocycles. The molecule has 0 amide bonds. The van der Waals surface area contributed by atoms with Crippen LogP contribution in [0.5, 0.6) is 5.75 Å².